The molecule has 0 aliphatic carbocycles. The van der Waals surface area contributed by atoms with Gasteiger partial charge in [-0.25, -0.2) is 9.18 Å². The highest BCUT2D eigenvalue weighted by atomic mass is 35.5. The molecule has 0 radical (unpaired) electrons. The highest BCUT2D eigenvalue weighted by Gasteiger charge is 2.28. The van der Waals surface area contributed by atoms with Crippen LogP contribution < -0.4 is 5.32 Å². The molecule has 1 heterocycles. The molecule has 2 aromatic carbocycles. The lowest BCUT2D eigenvalue weighted by molar-refractivity contribution is 0.0524. The van der Waals surface area contributed by atoms with E-state index in [0.29, 0.717) is 28.6 Å². The molecule has 0 amide bonds. The van der Waals surface area contributed by atoms with Gasteiger partial charge < -0.3 is 19.4 Å². The van der Waals surface area contributed by atoms with Crippen molar-refractivity contribution in [2.45, 2.75) is 25.9 Å². The van der Waals surface area contributed by atoms with Crippen molar-refractivity contribution in [1.29, 1.82) is 0 Å². The SMILES string of the molecule is CCOC(=O)c1ccn(C(C)COC)c1C(Nc1ccc(F)c(Cl)c1)c1ccc(Cl)cc1. The van der Waals surface area contributed by atoms with E-state index in [9.17, 15) is 9.18 Å². The summed E-state index contributed by atoms with van der Waals surface area (Å²) >= 11 is 12.1. The number of esters is 1. The molecule has 5 nitrogen and oxygen atoms in total. The minimum atomic E-state index is -0.510. The second-order valence-electron chi connectivity index (χ2n) is 7.30. The number of halogens is 3. The van der Waals surface area contributed by atoms with Crippen LogP contribution in [-0.4, -0.2) is 30.9 Å². The number of hydrogen-bond donors (Lipinski definition) is 1. The fourth-order valence-corrected chi connectivity index (χ4v) is 3.88. The van der Waals surface area contributed by atoms with Crippen molar-refractivity contribution in [2.24, 2.45) is 0 Å². The Morgan fingerprint density at radius 2 is 1.88 bits per heavy atom. The minimum Gasteiger partial charge on any atom is -0.462 e. The molecule has 0 fully saturated rings. The van der Waals surface area contributed by atoms with E-state index in [4.69, 9.17) is 32.7 Å². The maximum atomic E-state index is 13.7. The number of hydrogen-bond acceptors (Lipinski definition) is 4. The molecule has 1 aromatic heterocycles. The van der Waals surface area contributed by atoms with E-state index in [1.54, 1.807) is 38.3 Å². The molecule has 170 valence electrons. The van der Waals surface area contributed by atoms with E-state index in [1.165, 1.54) is 12.1 Å². The molecule has 0 spiro atoms. The number of methoxy groups -OCH3 is 1. The molecule has 0 bridgehead atoms. The van der Waals surface area contributed by atoms with Crippen molar-refractivity contribution in [2.75, 3.05) is 25.6 Å². The summed E-state index contributed by atoms with van der Waals surface area (Å²) in [7, 11) is 1.63. The van der Waals surface area contributed by atoms with E-state index in [2.05, 4.69) is 5.32 Å². The number of nitrogens with one attached hydrogen (secondary N) is 1. The summed E-state index contributed by atoms with van der Waals surface area (Å²) in [5, 5.41) is 3.98. The third-order valence-corrected chi connectivity index (χ3v) is 5.58. The van der Waals surface area contributed by atoms with Gasteiger partial charge >= 0.3 is 5.97 Å². The van der Waals surface area contributed by atoms with Gasteiger partial charge in [-0.15, -0.1) is 0 Å². The fourth-order valence-electron chi connectivity index (χ4n) is 3.57. The summed E-state index contributed by atoms with van der Waals surface area (Å²) in [5.74, 6) is -0.937. The number of aromatic nitrogens is 1. The zero-order valence-electron chi connectivity index (χ0n) is 18.1. The molecule has 0 aliphatic rings. The number of carbonyl (C=O) groups excluding carboxylic acids is 1. The molecule has 0 saturated heterocycles. The van der Waals surface area contributed by atoms with E-state index in [-0.39, 0.29) is 17.7 Å². The maximum absolute atomic E-state index is 13.7. The van der Waals surface area contributed by atoms with Crippen LogP contribution in [0.15, 0.2) is 54.7 Å². The van der Waals surface area contributed by atoms with Crippen LogP contribution in [0.5, 0.6) is 0 Å². The molecular weight excluding hydrogens is 454 g/mol. The highest BCUT2D eigenvalue weighted by Crippen LogP contribution is 2.34. The quantitative estimate of drug-likeness (QED) is 0.355. The first kappa shape index (κ1) is 24.1. The van der Waals surface area contributed by atoms with Gasteiger partial charge in [0.15, 0.2) is 0 Å². The molecule has 1 N–H and O–H groups in total. The Kier molecular flexibility index (Phi) is 8.18. The van der Waals surface area contributed by atoms with Crippen molar-refractivity contribution in [3.8, 4) is 0 Å². The van der Waals surface area contributed by atoms with E-state index in [1.807, 2.05) is 29.8 Å². The van der Waals surface area contributed by atoms with Gasteiger partial charge in [0.1, 0.15) is 5.82 Å². The average molecular weight is 479 g/mol. The number of ether oxygens (including phenoxy) is 2. The molecule has 8 heteroatoms. The second kappa shape index (κ2) is 10.9. The normalized spacial score (nSPS) is 12.9. The molecule has 0 saturated carbocycles. The summed E-state index contributed by atoms with van der Waals surface area (Å²) in [6.45, 7) is 4.45. The molecule has 3 rings (SSSR count). The van der Waals surface area contributed by atoms with Crippen LogP contribution >= 0.6 is 23.2 Å². The lowest BCUT2D eigenvalue weighted by Crippen LogP contribution is -2.23. The largest absolute Gasteiger partial charge is 0.462 e. The van der Waals surface area contributed by atoms with Gasteiger partial charge in [-0.2, -0.15) is 0 Å². The number of anilines is 1. The van der Waals surface area contributed by atoms with Gasteiger partial charge in [-0.3, -0.25) is 0 Å². The third kappa shape index (κ3) is 5.44. The van der Waals surface area contributed by atoms with Crippen molar-refractivity contribution in [3.05, 3.63) is 87.4 Å². The predicted molar refractivity (Wildman–Crippen MR) is 125 cm³/mol. The summed E-state index contributed by atoms with van der Waals surface area (Å²) < 4.78 is 26.4. The number of nitrogens with zero attached hydrogens (tertiary/aromatic N) is 1. The Labute approximate surface area is 197 Å². The molecule has 32 heavy (non-hydrogen) atoms. The Morgan fingerprint density at radius 3 is 2.50 bits per heavy atom. The summed E-state index contributed by atoms with van der Waals surface area (Å²) in [4.78, 5) is 12.8. The van der Waals surface area contributed by atoms with Crippen molar-refractivity contribution in [1.82, 2.24) is 4.57 Å². The van der Waals surface area contributed by atoms with Crippen molar-refractivity contribution in [3.63, 3.8) is 0 Å². The van der Waals surface area contributed by atoms with Gasteiger partial charge in [-0.1, -0.05) is 35.3 Å². The molecule has 2 unspecified atom stereocenters. The Morgan fingerprint density at radius 1 is 1.16 bits per heavy atom. The predicted octanol–water partition coefficient (Wildman–Crippen LogP) is 6.52. The second-order valence-corrected chi connectivity index (χ2v) is 8.15. The molecular formula is C24H25Cl2FN2O3. The standard InChI is InChI=1S/C24H25Cl2FN2O3/c1-4-32-24(30)19-11-12-29(15(2)14-31-3)23(19)22(16-5-7-17(25)8-6-16)28-18-9-10-21(27)20(26)13-18/h5-13,15,22,28H,4,14H2,1-3H3. The number of benzene rings is 2. The van der Waals surface area contributed by atoms with E-state index < -0.39 is 17.8 Å². The zero-order valence-corrected chi connectivity index (χ0v) is 19.6. The first-order valence-electron chi connectivity index (χ1n) is 10.2. The molecule has 3 aromatic rings. The van der Waals surface area contributed by atoms with Gasteiger partial charge in [0, 0.05) is 24.0 Å². The van der Waals surface area contributed by atoms with E-state index >= 15 is 0 Å². The number of carbonyl (C=O) groups is 1. The lowest BCUT2D eigenvalue weighted by Gasteiger charge is -2.26. The molecule has 0 aliphatic heterocycles. The monoisotopic (exact) mass is 478 g/mol. The first-order valence-corrected chi connectivity index (χ1v) is 10.9. The van der Waals surface area contributed by atoms with Crippen LogP contribution in [0.25, 0.3) is 0 Å². The number of rotatable bonds is 9. The Bertz CT molecular complexity index is 1070. The summed E-state index contributed by atoms with van der Waals surface area (Å²) in [6, 6.07) is 12.9. The first-order chi connectivity index (χ1) is 15.3. The summed E-state index contributed by atoms with van der Waals surface area (Å²) in [5.41, 5.74) is 2.56. The van der Waals surface area contributed by atoms with Crippen LogP contribution in [0.1, 0.15) is 47.5 Å². The van der Waals surface area contributed by atoms with Crippen molar-refractivity contribution >= 4 is 34.9 Å². The van der Waals surface area contributed by atoms with Crippen LogP contribution in [0.2, 0.25) is 10.0 Å². The van der Waals surface area contributed by atoms with Gasteiger partial charge in [0.25, 0.3) is 0 Å². The smallest absolute Gasteiger partial charge is 0.340 e. The topological polar surface area (TPSA) is 52.5 Å². The molecule has 2 atom stereocenters. The van der Waals surface area contributed by atoms with Crippen LogP contribution in [-0.2, 0) is 9.47 Å². The van der Waals surface area contributed by atoms with Crippen LogP contribution in [0.3, 0.4) is 0 Å². The highest BCUT2D eigenvalue weighted by molar-refractivity contribution is 6.31. The zero-order chi connectivity index (χ0) is 23.3. The minimum absolute atomic E-state index is 0.00129. The van der Waals surface area contributed by atoms with Gasteiger partial charge in [-0.05, 0) is 55.8 Å². The average Bonchev–Trinajstić information content (AvgIpc) is 3.21. The van der Waals surface area contributed by atoms with Gasteiger partial charge in [0.2, 0.25) is 0 Å². The fraction of sp³-hybridized carbons (Fsp3) is 0.292. The van der Waals surface area contributed by atoms with Crippen LogP contribution in [0.4, 0.5) is 10.1 Å². The Hall–Kier alpha value is -2.54. The maximum Gasteiger partial charge on any atom is 0.340 e. The van der Waals surface area contributed by atoms with E-state index in [0.717, 1.165) is 5.56 Å². The van der Waals surface area contributed by atoms with Crippen LogP contribution in [0, 0.1) is 5.82 Å². The van der Waals surface area contributed by atoms with Crippen molar-refractivity contribution < 1.29 is 18.7 Å². The van der Waals surface area contributed by atoms with Gasteiger partial charge in [0.05, 0.1) is 41.6 Å². The Balaban J connectivity index is 2.17. The third-order valence-electron chi connectivity index (χ3n) is 5.04. The lowest BCUT2D eigenvalue weighted by atomic mass is 9.99. The summed E-state index contributed by atoms with van der Waals surface area (Å²) in [6.07, 6.45) is 1.84.